The Morgan fingerprint density at radius 1 is 1.32 bits per heavy atom. The molecule has 4 N–H and O–H groups in total. The molecule has 0 aliphatic heterocycles. The third-order valence-electron chi connectivity index (χ3n) is 6.07. The van der Waals surface area contributed by atoms with Crippen LogP contribution >= 0.6 is 27.3 Å². The molecule has 7 nitrogen and oxygen atoms in total. The Morgan fingerprint density at radius 3 is 2.71 bits per heavy atom. The topological polar surface area (TPSA) is 124 Å². The molecule has 34 heavy (non-hydrogen) atoms. The highest BCUT2D eigenvalue weighted by atomic mass is 79.9. The summed E-state index contributed by atoms with van der Waals surface area (Å²) in [6, 6.07) is 2.12. The quantitative estimate of drug-likeness (QED) is 0.210. The molecule has 5 atom stereocenters. The number of allylic oxidation sites excluding steroid dienone is 2. The van der Waals surface area contributed by atoms with E-state index < -0.39 is 34.2 Å². The number of hydrogen-bond donors (Lipinski definition) is 4. The van der Waals surface area contributed by atoms with E-state index in [9.17, 15) is 28.5 Å². The van der Waals surface area contributed by atoms with E-state index in [0.717, 1.165) is 10.2 Å². The summed E-state index contributed by atoms with van der Waals surface area (Å²) < 4.78 is 25.9. The molecule has 1 amide bonds. The Kier molecular flexibility index (Phi) is 11.9. The van der Waals surface area contributed by atoms with Gasteiger partial charge in [0.2, 0.25) is 15.9 Å². The van der Waals surface area contributed by atoms with Gasteiger partial charge in [-0.25, -0.2) is 8.42 Å². The van der Waals surface area contributed by atoms with Crippen LogP contribution < -0.4 is 4.72 Å². The van der Waals surface area contributed by atoms with Crippen molar-refractivity contribution in [2.75, 3.05) is 5.75 Å². The van der Waals surface area contributed by atoms with E-state index in [1.54, 1.807) is 17.4 Å². The number of carbonyl (C=O) groups is 1. The van der Waals surface area contributed by atoms with Crippen LogP contribution in [0.2, 0.25) is 0 Å². The summed E-state index contributed by atoms with van der Waals surface area (Å²) in [6.07, 6.45) is 9.00. The number of aryl methyl sites for hydroxylation is 2. The molecule has 1 aromatic rings. The summed E-state index contributed by atoms with van der Waals surface area (Å²) in [5.41, 5.74) is 1.19. The molecule has 0 unspecified atom stereocenters. The summed E-state index contributed by atoms with van der Waals surface area (Å²) in [5, 5.41) is 31.1. The van der Waals surface area contributed by atoms with Gasteiger partial charge < -0.3 is 15.3 Å². The summed E-state index contributed by atoms with van der Waals surface area (Å²) in [6.45, 7) is 3.51. The average Bonchev–Trinajstić information content (AvgIpc) is 3.23. The van der Waals surface area contributed by atoms with Crippen molar-refractivity contribution in [2.45, 2.75) is 77.1 Å². The molecule has 10 heteroatoms. The van der Waals surface area contributed by atoms with Gasteiger partial charge in [-0.05, 0) is 79.4 Å². The molecule has 2 rings (SSSR count). The van der Waals surface area contributed by atoms with E-state index in [2.05, 4.69) is 22.0 Å². The monoisotopic (exact) mass is 577 g/mol. The first-order chi connectivity index (χ1) is 16.0. The summed E-state index contributed by atoms with van der Waals surface area (Å²) in [4.78, 5) is 12.9. The number of aliphatic hydroxyl groups excluding tert-OH is 3. The van der Waals surface area contributed by atoms with Crippen LogP contribution in [0.5, 0.6) is 0 Å². The number of halogens is 1. The van der Waals surface area contributed by atoms with Gasteiger partial charge in [0.05, 0.1) is 27.9 Å². The van der Waals surface area contributed by atoms with Crippen molar-refractivity contribution in [1.82, 2.24) is 4.72 Å². The zero-order valence-corrected chi connectivity index (χ0v) is 22.9. The molecule has 1 fully saturated rings. The van der Waals surface area contributed by atoms with Crippen LogP contribution in [-0.4, -0.2) is 53.7 Å². The van der Waals surface area contributed by atoms with Crippen LogP contribution in [0.1, 0.15) is 55.9 Å². The standard InChI is InChI=1S/C24H36BrNO6S2/c1-3-34(31,32)26-23(30)9-7-5-4-6-8-19-20(22(29)15-21(19)28)13-11-17(27)10-12-18-14-16(2)24(25)33-18/h4,6,11,13-14,17,19-22,27-29H,3,5,7-10,12,15H2,1-2H3,(H,26,30)/b6-4+,13-11+/t17-,19+,20+,21-,22+/m0/s1. The number of sulfonamides is 1. The van der Waals surface area contributed by atoms with Crippen molar-refractivity contribution in [1.29, 1.82) is 0 Å². The Bertz CT molecular complexity index is 939. The normalized spacial score (nSPS) is 24.3. The third kappa shape index (κ3) is 9.54. The minimum Gasteiger partial charge on any atom is -0.393 e. The molecule has 0 spiro atoms. The van der Waals surface area contributed by atoms with Gasteiger partial charge in [0.1, 0.15) is 0 Å². The minimum absolute atomic E-state index is 0.125. The van der Waals surface area contributed by atoms with E-state index in [4.69, 9.17) is 0 Å². The molecular formula is C24H36BrNO6S2. The number of carbonyl (C=O) groups excluding carboxylic acids is 1. The van der Waals surface area contributed by atoms with Crippen molar-refractivity contribution >= 4 is 43.2 Å². The van der Waals surface area contributed by atoms with Crippen molar-refractivity contribution in [3.8, 4) is 0 Å². The first kappa shape index (κ1) is 29.2. The molecule has 0 saturated heterocycles. The van der Waals surface area contributed by atoms with Crippen LogP contribution in [0.3, 0.4) is 0 Å². The number of rotatable bonds is 13. The smallest absolute Gasteiger partial charge is 0.234 e. The first-order valence-electron chi connectivity index (χ1n) is 11.7. The second kappa shape index (κ2) is 13.9. The molecule has 192 valence electrons. The lowest BCUT2D eigenvalue weighted by atomic mass is 9.89. The maximum atomic E-state index is 11.6. The predicted octanol–water partition coefficient (Wildman–Crippen LogP) is 3.61. The molecule has 1 aliphatic rings. The van der Waals surface area contributed by atoms with E-state index in [1.807, 2.05) is 29.9 Å². The highest BCUT2D eigenvalue weighted by molar-refractivity contribution is 9.11. The Balaban J connectivity index is 1.78. The van der Waals surface area contributed by atoms with Gasteiger partial charge in [-0.1, -0.05) is 24.3 Å². The van der Waals surface area contributed by atoms with Gasteiger partial charge in [0.25, 0.3) is 0 Å². The van der Waals surface area contributed by atoms with Gasteiger partial charge in [-0.2, -0.15) is 0 Å². The Morgan fingerprint density at radius 2 is 2.06 bits per heavy atom. The van der Waals surface area contributed by atoms with Crippen LogP contribution in [-0.2, 0) is 21.2 Å². The van der Waals surface area contributed by atoms with Gasteiger partial charge in [-0.3, -0.25) is 9.52 Å². The van der Waals surface area contributed by atoms with Crippen LogP contribution in [0.4, 0.5) is 0 Å². The molecule has 1 saturated carbocycles. The van der Waals surface area contributed by atoms with Gasteiger partial charge in [-0.15, -0.1) is 11.3 Å². The highest BCUT2D eigenvalue weighted by Crippen LogP contribution is 2.36. The zero-order chi connectivity index (χ0) is 25.3. The fraction of sp³-hybridized carbons (Fsp3) is 0.625. The van der Waals surface area contributed by atoms with Crippen molar-refractivity contribution < 1.29 is 28.5 Å². The second-order valence-electron chi connectivity index (χ2n) is 8.80. The summed E-state index contributed by atoms with van der Waals surface area (Å²) >= 11 is 5.19. The Labute approximate surface area is 215 Å². The van der Waals surface area contributed by atoms with Gasteiger partial charge in [0.15, 0.2) is 0 Å². The van der Waals surface area contributed by atoms with E-state index in [-0.39, 0.29) is 24.0 Å². The fourth-order valence-electron chi connectivity index (χ4n) is 4.04. The largest absolute Gasteiger partial charge is 0.393 e. The van der Waals surface area contributed by atoms with Crippen molar-refractivity contribution in [2.24, 2.45) is 11.8 Å². The molecule has 1 aliphatic carbocycles. The zero-order valence-electron chi connectivity index (χ0n) is 19.7. The molecule has 0 bridgehead atoms. The lowest BCUT2D eigenvalue weighted by molar-refractivity contribution is -0.119. The van der Waals surface area contributed by atoms with E-state index in [1.165, 1.54) is 17.4 Å². The summed E-state index contributed by atoms with van der Waals surface area (Å²) in [5.74, 6) is -1.02. The van der Waals surface area contributed by atoms with Gasteiger partial charge in [0, 0.05) is 23.6 Å². The number of aliphatic hydroxyl groups is 3. The number of nitrogens with one attached hydrogen (secondary N) is 1. The number of amides is 1. The molecule has 0 radical (unpaired) electrons. The van der Waals surface area contributed by atoms with Gasteiger partial charge >= 0.3 is 0 Å². The predicted molar refractivity (Wildman–Crippen MR) is 139 cm³/mol. The molecular weight excluding hydrogens is 542 g/mol. The highest BCUT2D eigenvalue weighted by Gasteiger charge is 2.39. The van der Waals surface area contributed by atoms with E-state index in [0.29, 0.717) is 32.1 Å². The Hall–Kier alpha value is -1.04. The maximum absolute atomic E-state index is 11.6. The lowest BCUT2D eigenvalue weighted by Crippen LogP contribution is -2.31. The molecule has 1 aromatic heterocycles. The number of unbranched alkanes of at least 4 members (excludes halogenated alkanes) is 1. The SMILES string of the molecule is CCS(=O)(=O)NC(=O)CCC/C=C/C[C@@H]1[C@@H](/C=C/[C@@H](O)CCc2cc(C)c(Br)s2)[C@H](O)C[C@@H]1O. The first-order valence-corrected chi connectivity index (χ1v) is 14.9. The van der Waals surface area contributed by atoms with E-state index >= 15 is 0 Å². The van der Waals surface area contributed by atoms with Crippen molar-refractivity contribution in [3.05, 3.63) is 44.6 Å². The molecule has 0 aromatic carbocycles. The van der Waals surface area contributed by atoms with Crippen LogP contribution in [0.25, 0.3) is 0 Å². The molecule has 1 heterocycles. The third-order valence-corrected chi connectivity index (χ3v) is 9.56. The maximum Gasteiger partial charge on any atom is 0.234 e. The van der Waals surface area contributed by atoms with Crippen LogP contribution in [0, 0.1) is 18.8 Å². The summed E-state index contributed by atoms with van der Waals surface area (Å²) in [7, 11) is -3.52. The average molecular weight is 579 g/mol. The van der Waals surface area contributed by atoms with Crippen molar-refractivity contribution in [3.63, 3.8) is 0 Å². The minimum atomic E-state index is -3.52. The second-order valence-corrected chi connectivity index (χ2v) is 13.3. The van der Waals surface area contributed by atoms with Crippen LogP contribution in [0.15, 0.2) is 34.2 Å². The number of hydrogen-bond acceptors (Lipinski definition) is 7. The number of thiophene rings is 1. The fourth-order valence-corrected chi connectivity index (χ4v) is 6.28. The lowest BCUT2D eigenvalue weighted by Gasteiger charge is -2.19.